The van der Waals surface area contributed by atoms with Crippen molar-refractivity contribution in [1.29, 1.82) is 0 Å². The Morgan fingerprint density at radius 2 is 2.29 bits per heavy atom. The van der Waals surface area contributed by atoms with Crippen LogP contribution in [0, 0.1) is 0 Å². The van der Waals surface area contributed by atoms with Crippen molar-refractivity contribution in [1.82, 2.24) is 15.3 Å². The van der Waals surface area contributed by atoms with Gasteiger partial charge in [-0.2, -0.15) is 0 Å². The van der Waals surface area contributed by atoms with E-state index in [2.05, 4.69) is 21.4 Å². The van der Waals surface area contributed by atoms with Crippen LogP contribution in [-0.4, -0.2) is 23.1 Å². The number of para-hydroxylation sites is 1. The number of nitrogens with one attached hydrogen (secondary N) is 2. The van der Waals surface area contributed by atoms with Crippen LogP contribution in [0.1, 0.15) is 29.9 Å². The molecule has 2 aromatic rings. The second kappa shape index (κ2) is 6.10. The van der Waals surface area contributed by atoms with Crippen molar-refractivity contribution in [3.05, 3.63) is 57.8 Å². The number of H-pyrrole nitrogens is 1. The van der Waals surface area contributed by atoms with Gasteiger partial charge >= 0.3 is 0 Å². The molecule has 0 bridgehead atoms. The molecule has 0 amide bonds. The lowest BCUT2D eigenvalue weighted by molar-refractivity contribution is 0.257. The minimum atomic E-state index is -0.105. The van der Waals surface area contributed by atoms with Crippen molar-refractivity contribution >= 4 is 0 Å². The van der Waals surface area contributed by atoms with Crippen molar-refractivity contribution in [2.45, 2.75) is 25.8 Å². The molecule has 1 aromatic carbocycles. The zero-order valence-corrected chi connectivity index (χ0v) is 12.1. The van der Waals surface area contributed by atoms with E-state index in [0.717, 1.165) is 30.0 Å². The zero-order valence-electron chi connectivity index (χ0n) is 12.1. The SMILES string of the molecule is CCNCc1cc(=O)[nH]c(C2COc3ccccc3C2)n1. The minimum absolute atomic E-state index is 0.0918. The van der Waals surface area contributed by atoms with Crippen LogP contribution in [0.25, 0.3) is 0 Å². The standard InChI is InChI=1S/C16H19N3O2/c1-2-17-9-13-8-15(20)19-16(18-13)12-7-11-5-3-4-6-14(11)21-10-12/h3-6,8,12,17H,2,7,9-10H2,1H3,(H,18,19,20). The van der Waals surface area contributed by atoms with Gasteiger partial charge in [-0.05, 0) is 24.6 Å². The molecule has 3 rings (SSSR count). The number of nitrogens with zero attached hydrogens (tertiary/aromatic N) is 1. The van der Waals surface area contributed by atoms with E-state index in [1.165, 1.54) is 0 Å². The van der Waals surface area contributed by atoms with Gasteiger partial charge in [0.15, 0.2) is 0 Å². The second-order valence-corrected chi connectivity index (χ2v) is 5.22. The van der Waals surface area contributed by atoms with Gasteiger partial charge in [-0.3, -0.25) is 4.79 Å². The third kappa shape index (κ3) is 3.13. The summed E-state index contributed by atoms with van der Waals surface area (Å²) in [5.74, 6) is 1.74. The Morgan fingerprint density at radius 1 is 1.43 bits per heavy atom. The third-order valence-corrected chi connectivity index (χ3v) is 3.63. The molecule has 5 heteroatoms. The summed E-state index contributed by atoms with van der Waals surface area (Å²) in [6.07, 6.45) is 0.837. The van der Waals surface area contributed by atoms with Crippen molar-refractivity contribution < 1.29 is 4.74 Å². The fourth-order valence-corrected chi connectivity index (χ4v) is 2.57. The minimum Gasteiger partial charge on any atom is -0.493 e. The van der Waals surface area contributed by atoms with Gasteiger partial charge < -0.3 is 15.0 Å². The molecule has 21 heavy (non-hydrogen) atoms. The van der Waals surface area contributed by atoms with Gasteiger partial charge in [-0.15, -0.1) is 0 Å². The third-order valence-electron chi connectivity index (χ3n) is 3.63. The molecule has 5 nitrogen and oxygen atoms in total. The second-order valence-electron chi connectivity index (χ2n) is 5.22. The monoisotopic (exact) mass is 285 g/mol. The Kier molecular flexibility index (Phi) is 4.01. The molecule has 0 saturated carbocycles. The average Bonchev–Trinajstić information content (AvgIpc) is 2.52. The first-order chi connectivity index (χ1) is 10.3. The fourth-order valence-electron chi connectivity index (χ4n) is 2.57. The average molecular weight is 285 g/mol. The predicted octanol–water partition coefficient (Wildman–Crippen LogP) is 1.60. The number of hydrogen-bond donors (Lipinski definition) is 2. The molecule has 1 aromatic heterocycles. The van der Waals surface area contributed by atoms with E-state index >= 15 is 0 Å². The predicted molar refractivity (Wildman–Crippen MR) is 80.6 cm³/mol. The van der Waals surface area contributed by atoms with E-state index in [4.69, 9.17) is 4.74 Å². The molecule has 0 saturated heterocycles. The molecule has 1 atom stereocenters. The zero-order chi connectivity index (χ0) is 14.7. The summed E-state index contributed by atoms with van der Waals surface area (Å²) in [7, 11) is 0. The van der Waals surface area contributed by atoms with Crippen molar-refractivity contribution in [3.8, 4) is 5.75 Å². The maximum atomic E-state index is 11.8. The Balaban J connectivity index is 1.84. The maximum Gasteiger partial charge on any atom is 0.251 e. The summed E-state index contributed by atoms with van der Waals surface area (Å²) in [6.45, 7) is 4.03. The highest BCUT2D eigenvalue weighted by Gasteiger charge is 2.23. The number of benzene rings is 1. The van der Waals surface area contributed by atoms with Gasteiger partial charge in [-0.25, -0.2) is 4.98 Å². The number of aromatic amines is 1. The molecular weight excluding hydrogens is 266 g/mol. The van der Waals surface area contributed by atoms with E-state index < -0.39 is 0 Å². The van der Waals surface area contributed by atoms with Gasteiger partial charge in [-0.1, -0.05) is 25.1 Å². The summed E-state index contributed by atoms with van der Waals surface area (Å²) in [5.41, 5.74) is 1.83. The lowest BCUT2D eigenvalue weighted by atomic mass is 9.96. The Bertz CT molecular complexity index is 681. The summed E-state index contributed by atoms with van der Waals surface area (Å²) < 4.78 is 5.77. The van der Waals surface area contributed by atoms with Gasteiger partial charge in [0.1, 0.15) is 11.6 Å². The number of rotatable bonds is 4. The highest BCUT2D eigenvalue weighted by atomic mass is 16.5. The summed E-state index contributed by atoms with van der Waals surface area (Å²) >= 11 is 0. The first-order valence-corrected chi connectivity index (χ1v) is 7.28. The van der Waals surface area contributed by atoms with Gasteiger partial charge in [0.05, 0.1) is 18.2 Å². The van der Waals surface area contributed by atoms with Crippen LogP contribution in [0.4, 0.5) is 0 Å². The fraction of sp³-hybridized carbons (Fsp3) is 0.375. The molecular formula is C16H19N3O2. The van der Waals surface area contributed by atoms with Crippen molar-refractivity contribution in [2.75, 3.05) is 13.2 Å². The lowest BCUT2D eigenvalue weighted by Crippen LogP contribution is -2.25. The highest BCUT2D eigenvalue weighted by Crippen LogP contribution is 2.30. The molecule has 2 N–H and O–H groups in total. The number of fused-ring (bicyclic) bond motifs is 1. The quantitative estimate of drug-likeness (QED) is 0.895. The highest BCUT2D eigenvalue weighted by molar-refractivity contribution is 5.36. The van der Waals surface area contributed by atoms with E-state index in [1.54, 1.807) is 6.07 Å². The van der Waals surface area contributed by atoms with Gasteiger partial charge in [0.2, 0.25) is 0 Å². The Morgan fingerprint density at radius 3 is 3.14 bits per heavy atom. The molecule has 2 heterocycles. The van der Waals surface area contributed by atoms with Gasteiger partial charge in [0.25, 0.3) is 5.56 Å². The number of hydrogen-bond acceptors (Lipinski definition) is 4. The van der Waals surface area contributed by atoms with Gasteiger partial charge in [0, 0.05) is 12.6 Å². The molecule has 0 aliphatic carbocycles. The number of aromatic nitrogens is 2. The maximum absolute atomic E-state index is 11.8. The lowest BCUT2D eigenvalue weighted by Gasteiger charge is -2.24. The molecule has 0 spiro atoms. The van der Waals surface area contributed by atoms with E-state index in [0.29, 0.717) is 19.0 Å². The van der Waals surface area contributed by atoms with Crippen molar-refractivity contribution in [3.63, 3.8) is 0 Å². The molecule has 0 radical (unpaired) electrons. The smallest absolute Gasteiger partial charge is 0.251 e. The largest absolute Gasteiger partial charge is 0.493 e. The normalized spacial score (nSPS) is 17.1. The van der Waals surface area contributed by atoms with Crippen molar-refractivity contribution in [2.24, 2.45) is 0 Å². The molecule has 1 aliphatic heterocycles. The Hall–Kier alpha value is -2.14. The summed E-state index contributed by atoms with van der Waals surface area (Å²) in [5, 5.41) is 3.19. The molecule has 1 aliphatic rings. The first kappa shape index (κ1) is 13.8. The van der Waals surface area contributed by atoms with Crippen LogP contribution in [0.5, 0.6) is 5.75 Å². The van der Waals surface area contributed by atoms with E-state index in [-0.39, 0.29) is 11.5 Å². The van der Waals surface area contributed by atoms with Crippen LogP contribution in [0.3, 0.4) is 0 Å². The van der Waals surface area contributed by atoms with Crippen LogP contribution in [0.2, 0.25) is 0 Å². The first-order valence-electron chi connectivity index (χ1n) is 7.28. The number of ether oxygens (including phenoxy) is 1. The topological polar surface area (TPSA) is 67.0 Å². The van der Waals surface area contributed by atoms with E-state index in [9.17, 15) is 4.79 Å². The van der Waals surface area contributed by atoms with E-state index in [1.807, 2.05) is 25.1 Å². The Labute approximate surface area is 123 Å². The van der Waals surface area contributed by atoms with Crippen LogP contribution >= 0.6 is 0 Å². The molecule has 110 valence electrons. The van der Waals surface area contributed by atoms with Crippen LogP contribution in [0.15, 0.2) is 35.1 Å². The molecule has 0 fully saturated rings. The van der Waals surface area contributed by atoms with Crippen LogP contribution < -0.4 is 15.6 Å². The van der Waals surface area contributed by atoms with Crippen LogP contribution in [-0.2, 0) is 13.0 Å². The molecule has 1 unspecified atom stereocenters. The summed E-state index contributed by atoms with van der Waals surface area (Å²) in [4.78, 5) is 19.2. The summed E-state index contributed by atoms with van der Waals surface area (Å²) in [6, 6.07) is 9.55.